The second-order valence-corrected chi connectivity index (χ2v) is 9.97. The largest absolute Gasteiger partial charge is 0.468 e. The molecule has 0 spiro atoms. The van der Waals surface area contributed by atoms with E-state index in [1.165, 1.54) is 7.11 Å². The third kappa shape index (κ3) is 4.71. The van der Waals surface area contributed by atoms with Crippen LogP contribution in [0.25, 0.3) is 33.6 Å². The molecule has 1 aliphatic carbocycles. The molecule has 1 fully saturated rings. The maximum Gasteiger partial charge on any atom is 0.412 e. The lowest BCUT2D eigenvalue weighted by Crippen LogP contribution is -2.21. The van der Waals surface area contributed by atoms with Crippen molar-refractivity contribution >= 4 is 28.8 Å². The highest BCUT2D eigenvalue weighted by Gasteiger charge is 2.52. The zero-order valence-corrected chi connectivity index (χ0v) is 22.2. The van der Waals surface area contributed by atoms with Crippen LogP contribution in [0.5, 0.6) is 0 Å². The van der Waals surface area contributed by atoms with Crippen molar-refractivity contribution in [2.75, 3.05) is 12.4 Å². The number of anilines is 1. The number of esters is 1. The van der Waals surface area contributed by atoms with E-state index in [0.717, 1.165) is 40.7 Å². The fourth-order valence-electron chi connectivity index (χ4n) is 5.07. The van der Waals surface area contributed by atoms with E-state index in [4.69, 9.17) is 13.9 Å². The minimum atomic E-state index is -0.582. The molecule has 7 heteroatoms. The first-order chi connectivity index (χ1) is 19.5. The van der Waals surface area contributed by atoms with Gasteiger partial charge in [0.25, 0.3) is 0 Å². The predicted molar refractivity (Wildman–Crippen MR) is 153 cm³/mol. The molecule has 1 atom stereocenters. The van der Waals surface area contributed by atoms with Crippen molar-refractivity contribution in [2.24, 2.45) is 0 Å². The average molecular weight is 533 g/mol. The summed E-state index contributed by atoms with van der Waals surface area (Å²) in [5.74, 6) is 0.321. The molecule has 0 radical (unpaired) electrons. The van der Waals surface area contributed by atoms with E-state index in [1.54, 1.807) is 12.3 Å². The van der Waals surface area contributed by atoms with E-state index in [0.29, 0.717) is 22.5 Å². The van der Waals surface area contributed by atoms with E-state index < -0.39 is 17.6 Å². The SMILES string of the molecule is COC(=O)C1(c2ccc(-c3ccc(-c4oc5ncccc5c4NC(=O)O[C@H](C)c4ccccc4)cc3)cc2)CC1. The standard InChI is InChI=1S/C33H28N2O5/c1-21(22-7-4-3-5-8-22)39-32(37)35-28-27-9-6-20-34-30(27)40-29(28)25-12-10-23(11-13-25)24-14-16-26(17-15-24)33(18-19-33)31(36)38-2/h3-17,20-21H,18-19H2,1-2H3,(H,35,37)/t21-/m1/s1. The number of rotatable bonds is 7. The Hall–Kier alpha value is -4.91. The number of benzene rings is 3. The van der Waals surface area contributed by atoms with Crippen LogP contribution >= 0.6 is 0 Å². The van der Waals surface area contributed by atoms with Gasteiger partial charge in [0.1, 0.15) is 11.8 Å². The Bertz CT molecular complexity index is 1670. The summed E-state index contributed by atoms with van der Waals surface area (Å²) < 4.78 is 16.7. The molecule has 1 N–H and O–H groups in total. The zero-order valence-electron chi connectivity index (χ0n) is 22.2. The van der Waals surface area contributed by atoms with Crippen LogP contribution in [0.2, 0.25) is 0 Å². The number of carbonyl (C=O) groups is 2. The molecule has 0 unspecified atom stereocenters. The van der Waals surface area contributed by atoms with Gasteiger partial charge in [-0.25, -0.2) is 9.78 Å². The molecule has 200 valence electrons. The smallest absolute Gasteiger partial charge is 0.412 e. The molecule has 0 aliphatic heterocycles. The van der Waals surface area contributed by atoms with Crippen LogP contribution in [0, 0.1) is 0 Å². The average Bonchev–Trinajstić information content (AvgIpc) is 3.74. The number of hydrogen-bond donors (Lipinski definition) is 1. The van der Waals surface area contributed by atoms with E-state index >= 15 is 0 Å². The van der Waals surface area contributed by atoms with Crippen LogP contribution in [-0.2, 0) is 19.7 Å². The third-order valence-corrected chi connectivity index (χ3v) is 7.49. The number of furan rings is 1. The highest BCUT2D eigenvalue weighted by Crippen LogP contribution is 2.49. The van der Waals surface area contributed by atoms with Crippen molar-refractivity contribution in [1.82, 2.24) is 4.98 Å². The molecule has 5 aromatic rings. The molecule has 40 heavy (non-hydrogen) atoms. The molecule has 6 rings (SSSR count). The molecule has 1 aliphatic rings. The van der Waals surface area contributed by atoms with Crippen LogP contribution in [0.4, 0.5) is 10.5 Å². The maximum absolute atomic E-state index is 12.9. The number of ether oxygens (including phenoxy) is 2. The van der Waals surface area contributed by atoms with Gasteiger partial charge >= 0.3 is 12.1 Å². The summed E-state index contributed by atoms with van der Waals surface area (Å²) in [6, 6.07) is 29.1. The van der Waals surface area contributed by atoms with E-state index in [9.17, 15) is 9.59 Å². The molecule has 2 heterocycles. The van der Waals surface area contributed by atoms with Gasteiger partial charge in [-0.1, -0.05) is 78.9 Å². The molecular formula is C33H28N2O5. The third-order valence-electron chi connectivity index (χ3n) is 7.49. The lowest BCUT2D eigenvalue weighted by atomic mass is 9.93. The van der Waals surface area contributed by atoms with Gasteiger partial charge in [-0.05, 0) is 54.2 Å². The number of methoxy groups -OCH3 is 1. The summed E-state index contributed by atoms with van der Waals surface area (Å²) in [7, 11) is 1.44. The number of aromatic nitrogens is 1. The lowest BCUT2D eigenvalue weighted by molar-refractivity contribution is -0.143. The molecule has 1 saturated carbocycles. The Morgan fingerprint density at radius 3 is 2.17 bits per heavy atom. The Morgan fingerprint density at radius 1 is 0.875 bits per heavy atom. The summed E-state index contributed by atoms with van der Waals surface area (Å²) in [4.78, 5) is 29.5. The second kappa shape index (κ2) is 10.3. The van der Waals surface area contributed by atoms with Crippen molar-refractivity contribution in [3.8, 4) is 22.5 Å². The minimum Gasteiger partial charge on any atom is -0.468 e. The monoisotopic (exact) mass is 532 g/mol. The van der Waals surface area contributed by atoms with E-state index in [-0.39, 0.29) is 5.97 Å². The first kappa shape index (κ1) is 25.4. The number of pyridine rings is 1. The summed E-state index contributed by atoms with van der Waals surface area (Å²) in [6.45, 7) is 1.83. The highest BCUT2D eigenvalue weighted by molar-refractivity contribution is 6.03. The first-order valence-corrected chi connectivity index (χ1v) is 13.2. The van der Waals surface area contributed by atoms with Gasteiger partial charge in [-0.3, -0.25) is 10.1 Å². The Kier molecular flexibility index (Phi) is 6.56. The van der Waals surface area contributed by atoms with Crippen LogP contribution < -0.4 is 5.32 Å². The van der Waals surface area contributed by atoms with Gasteiger partial charge in [-0.15, -0.1) is 0 Å². The normalized spacial score (nSPS) is 14.3. The maximum atomic E-state index is 12.9. The topological polar surface area (TPSA) is 90.7 Å². The van der Waals surface area contributed by atoms with Crippen LogP contribution in [0.3, 0.4) is 0 Å². The van der Waals surface area contributed by atoms with Crippen molar-refractivity contribution in [1.29, 1.82) is 0 Å². The van der Waals surface area contributed by atoms with E-state index in [1.807, 2.05) is 91.9 Å². The van der Waals surface area contributed by atoms with Crippen LogP contribution in [0.1, 0.15) is 37.0 Å². The number of fused-ring (bicyclic) bond motifs is 1. The van der Waals surface area contributed by atoms with Crippen LogP contribution in [0.15, 0.2) is 102 Å². The fraction of sp³-hybridized carbons (Fsp3) is 0.182. The Labute approximate surface area is 231 Å². The van der Waals surface area contributed by atoms with Crippen molar-refractivity contribution in [2.45, 2.75) is 31.3 Å². The number of nitrogens with zero attached hydrogens (tertiary/aromatic N) is 1. The number of hydrogen-bond acceptors (Lipinski definition) is 6. The number of amides is 1. The second-order valence-electron chi connectivity index (χ2n) is 9.97. The Morgan fingerprint density at radius 2 is 1.52 bits per heavy atom. The lowest BCUT2D eigenvalue weighted by Gasteiger charge is -2.14. The molecule has 0 bridgehead atoms. The van der Waals surface area contributed by atoms with E-state index in [2.05, 4.69) is 10.3 Å². The Balaban J connectivity index is 1.25. The summed E-state index contributed by atoms with van der Waals surface area (Å²) >= 11 is 0. The van der Waals surface area contributed by atoms with Gasteiger partial charge in [0.05, 0.1) is 17.9 Å². The van der Waals surface area contributed by atoms with Crippen molar-refractivity contribution < 1.29 is 23.5 Å². The van der Waals surface area contributed by atoms with Crippen LogP contribution in [-0.4, -0.2) is 24.2 Å². The van der Waals surface area contributed by atoms with Gasteiger partial charge in [0.2, 0.25) is 5.71 Å². The van der Waals surface area contributed by atoms with Crippen molar-refractivity contribution in [3.63, 3.8) is 0 Å². The zero-order chi connectivity index (χ0) is 27.7. The minimum absolute atomic E-state index is 0.173. The van der Waals surface area contributed by atoms with Gasteiger partial charge in [0, 0.05) is 11.8 Å². The predicted octanol–water partition coefficient (Wildman–Crippen LogP) is 7.68. The summed E-state index contributed by atoms with van der Waals surface area (Å²) in [6.07, 6.45) is 2.27. The highest BCUT2D eigenvalue weighted by atomic mass is 16.6. The molecule has 3 aromatic carbocycles. The fourth-order valence-corrected chi connectivity index (χ4v) is 5.07. The summed E-state index contributed by atoms with van der Waals surface area (Å²) in [5, 5.41) is 3.57. The molecule has 1 amide bonds. The quantitative estimate of drug-likeness (QED) is 0.216. The number of carbonyl (C=O) groups excluding carboxylic acids is 2. The summed E-state index contributed by atoms with van der Waals surface area (Å²) in [5.41, 5.74) is 5.14. The van der Waals surface area contributed by atoms with Gasteiger partial charge in [0.15, 0.2) is 5.76 Å². The van der Waals surface area contributed by atoms with Crippen molar-refractivity contribution in [3.05, 3.63) is 108 Å². The molecule has 0 saturated heterocycles. The molecule has 7 nitrogen and oxygen atoms in total. The molecular weight excluding hydrogens is 504 g/mol. The van der Waals surface area contributed by atoms with Gasteiger partial charge in [-0.2, -0.15) is 0 Å². The number of nitrogens with one attached hydrogen (secondary N) is 1. The van der Waals surface area contributed by atoms with Gasteiger partial charge < -0.3 is 13.9 Å². The first-order valence-electron chi connectivity index (χ1n) is 13.2. The molecule has 2 aromatic heterocycles.